The average molecular weight is 258 g/mol. The molecule has 0 radical (unpaired) electrons. The van der Waals surface area contributed by atoms with Gasteiger partial charge in [0.2, 0.25) is 0 Å². The third-order valence-electron chi connectivity index (χ3n) is 4.44. The summed E-state index contributed by atoms with van der Waals surface area (Å²) in [5.74, 6) is 2.17. The van der Waals surface area contributed by atoms with Crippen LogP contribution in [0.2, 0.25) is 0 Å². The van der Waals surface area contributed by atoms with Crippen LogP contribution in [-0.2, 0) is 0 Å². The highest BCUT2D eigenvalue weighted by atomic mass is 16.6. The molecule has 19 heavy (non-hydrogen) atoms. The van der Waals surface area contributed by atoms with Crippen LogP contribution in [0.4, 0.5) is 11.4 Å². The number of nitro groups is 1. The Labute approximate surface area is 112 Å². The number of non-ortho nitro benzene ring substituents is 1. The Morgan fingerprint density at radius 2 is 2.00 bits per heavy atom. The molecule has 4 unspecified atom stereocenters. The molecule has 1 fully saturated rings. The molecule has 0 aliphatic heterocycles. The molecule has 1 N–H and O–H groups in total. The van der Waals surface area contributed by atoms with E-state index in [1.807, 2.05) is 0 Å². The zero-order valence-electron chi connectivity index (χ0n) is 11.0. The number of hydrogen-bond acceptors (Lipinski definition) is 3. The smallest absolute Gasteiger partial charge is 0.269 e. The van der Waals surface area contributed by atoms with E-state index in [0.717, 1.165) is 11.6 Å². The second kappa shape index (κ2) is 4.68. The first-order valence-electron chi connectivity index (χ1n) is 6.83. The number of anilines is 1. The minimum Gasteiger partial charge on any atom is -0.382 e. The largest absolute Gasteiger partial charge is 0.382 e. The van der Waals surface area contributed by atoms with Crippen molar-refractivity contribution in [2.75, 3.05) is 5.32 Å². The van der Waals surface area contributed by atoms with Crippen LogP contribution in [0.1, 0.15) is 19.8 Å². The van der Waals surface area contributed by atoms with Gasteiger partial charge in [0, 0.05) is 23.9 Å². The maximum Gasteiger partial charge on any atom is 0.269 e. The molecule has 0 aromatic heterocycles. The maximum atomic E-state index is 10.6. The summed E-state index contributed by atoms with van der Waals surface area (Å²) in [4.78, 5) is 10.2. The average Bonchev–Trinajstić information content (AvgIpc) is 3.01. The van der Waals surface area contributed by atoms with E-state index in [1.165, 1.54) is 12.8 Å². The fourth-order valence-corrected chi connectivity index (χ4v) is 3.45. The number of nitro benzene ring substituents is 1. The number of rotatable bonds is 4. The van der Waals surface area contributed by atoms with E-state index >= 15 is 0 Å². The van der Waals surface area contributed by atoms with Gasteiger partial charge in [-0.1, -0.05) is 12.2 Å². The number of allylic oxidation sites excluding steroid dienone is 2. The van der Waals surface area contributed by atoms with Gasteiger partial charge in [0.1, 0.15) is 0 Å². The fraction of sp³-hybridized carbons (Fsp3) is 0.467. The summed E-state index contributed by atoms with van der Waals surface area (Å²) in [7, 11) is 0. The highest BCUT2D eigenvalue weighted by Crippen LogP contribution is 2.45. The lowest BCUT2D eigenvalue weighted by molar-refractivity contribution is -0.384. The van der Waals surface area contributed by atoms with Crippen molar-refractivity contribution in [3.05, 3.63) is 46.5 Å². The van der Waals surface area contributed by atoms with Gasteiger partial charge in [-0.2, -0.15) is 0 Å². The van der Waals surface area contributed by atoms with E-state index in [1.54, 1.807) is 24.3 Å². The van der Waals surface area contributed by atoms with Crippen molar-refractivity contribution in [1.82, 2.24) is 0 Å². The Kier molecular flexibility index (Phi) is 3.01. The van der Waals surface area contributed by atoms with Crippen molar-refractivity contribution in [3.63, 3.8) is 0 Å². The molecule has 1 aromatic rings. The van der Waals surface area contributed by atoms with Gasteiger partial charge < -0.3 is 5.32 Å². The molecule has 2 aliphatic rings. The second-order valence-corrected chi connectivity index (χ2v) is 5.68. The van der Waals surface area contributed by atoms with E-state index in [2.05, 4.69) is 24.4 Å². The summed E-state index contributed by atoms with van der Waals surface area (Å²) in [6.07, 6.45) is 7.27. The van der Waals surface area contributed by atoms with Crippen molar-refractivity contribution in [2.24, 2.45) is 17.8 Å². The molecule has 4 nitrogen and oxygen atoms in total. The lowest BCUT2D eigenvalue weighted by Crippen LogP contribution is -2.28. The lowest BCUT2D eigenvalue weighted by Gasteiger charge is -2.27. The molecule has 0 saturated heterocycles. The number of nitrogens with one attached hydrogen (secondary N) is 1. The highest BCUT2D eigenvalue weighted by molar-refractivity contribution is 5.49. The van der Waals surface area contributed by atoms with Crippen molar-refractivity contribution in [1.29, 1.82) is 0 Å². The quantitative estimate of drug-likeness (QED) is 0.510. The molecule has 0 heterocycles. The molecule has 4 heteroatoms. The van der Waals surface area contributed by atoms with Crippen LogP contribution >= 0.6 is 0 Å². The van der Waals surface area contributed by atoms with E-state index < -0.39 is 0 Å². The summed E-state index contributed by atoms with van der Waals surface area (Å²) in [5, 5.41) is 14.1. The Bertz CT molecular complexity index is 509. The first-order valence-corrected chi connectivity index (χ1v) is 6.83. The number of hydrogen-bond donors (Lipinski definition) is 1. The Hall–Kier alpha value is -1.84. The fourth-order valence-electron chi connectivity index (χ4n) is 3.45. The predicted octanol–water partition coefficient (Wildman–Crippen LogP) is 3.61. The van der Waals surface area contributed by atoms with E-state index in [4.69, 9.17) is 0 Å². The van der Waals surface area contributed by atoms with Crippen LogP contribution in [0.15, 0.2) is 36.4 Å². The molecule has 4 atom stereocenters. The van der Waals surface area contributed by atoms with Crippen LogP contribution in [0.5, 0.6) is 0 Å². The SMILES string of the molecule is CC(Nc1ccc([N+](=O)[O-])cc1)C1CC2C=CC1C2. The normalized spacial score (nSPS) is 29.4. The predicted molar refractivity (Wildman–Crippen MR) is 75.0 cm³/mol. The number of fused-ring (bicyclic) bond motifs is 2. The Morgan fingerprint density at radius 1 is 1.26 bits per heavy atom. The van der Waals surface area contributed by atoms with Crippen LogP contribution in [0.3, 0.4) is 0 Å². The van der Waals surface area contributed by atoms with Gasteiger partial charge in [-0.05, 0) is 49.7 Å². The summed E-state index contributed by atoms with van der Waals surface area (Å²) < 4.78 is 0. The zero-order valence-corrected chi connectivity index (χ0v) is 11.0. The molecule has 100 valence electrons. The van der Waals surface area contributed by atoms with Gasteiger partial charge in [0.25, 0.3) is 5.69 Å². The molecule has 1 aromatic carbocycles. The van der Waals surface area contributed by atoms with E-state index in [-0.39, 0.29) is 10.6 Å². The van der Waals surface area contributed by atoms with Gasteiger partial charge in [0.15, 0.2) is 0 Å². The van der Waals surface area contributed by atoms with Crippen molar-refractivity contribution in [3.8, 4) is 0 Å². The van der Waals surface area contributed by atoms with Crippen molar-refractivity contribution in [2.45, 2.75) is 25.8 Å². The van der Waals surface area contributed by atoms with Gasteiger partial charge in [-0.25, -0.2) is 0 Å². The summed E-state index contributed by atoms with van der Waals surface area (Å²) in [6.45, 7) is 2.21. The maximum absolute atomic E-state index is 10.6. The van der Waals surface area contributed by atoms with Gasteiger partial charge in [-0.15, -0.1) is 0 Å². The molecular weight excluding hydrogens is 240 g/mol. The van der Waals surface area contributed by atoms with Crippen molar-refractivity contribution >= 4 is 11.4 Å². The minimum absolute atomic E-state index is 0.140. The summed E-state index contributed by atoms with van der Waals surface area (Å²) in [6, 6.07) is 7.09. The van der Waals surface area contributed by atoms with Crippen molar-refractivity contribution < 1.29 is 4.92 Å². The third-order valence-corrected chi connectivity index (χ3v) is 4.44. The number of nitrogens with zero attached hydrogens (tertiary/aromatic N) is 1. The summed E-state index contributed by atoms with van der Waals surface area (Å²) >= 11 is 0. The Balaban J connectivity index is 1.64. The van der Waals surface area contributed by atoms with Gasteiger partial charge in [0.05, 0.1) is 4.92 Å². The molecule has 3 rings (SSSR count). The highest BCUT2D eigenvalue weighted by Gasteiger charge is 2.38. The Morgan fingerprint density at radius 3 is 2.53 bits per heavy atom. The lowest BCUT2D eigenvalue weighted by atomic mass is 9.87. The first-order chi connectivity index (χ1) is 9.13. The molecule has 2 aliphatic carbocycles. The topological polar surface area (TPSA) is 55.2 Å². The van der Waals surface area contributed by atoms with Crippen LogP contribution < -0.4 is 5.32 Å². The molecule has 0 amide bonds. The van der Waals surface area contributed by atoms with Crippen LogP contribution in [0.25, 0.3) is 0 Å². The molecule has 0 spiro atoms. The van der Waals surface area contributed by atoms with Crippen LogP contribution in [-0.4, -0.2) is 11.0 Å². The zero-order chi connectivity index (χ0) is 13.4. The second-order valence-electron chi connectivity index (χ2n) is 5.68. The standard InChI is InChI=1S/C15H18N2O2/c1-10(15-9-11-2-3-12(15)8-11)16-13-4-6-14(7-5-13)17(18)19/h2-7,10-12,15-16H,8-9H2,1H3. The monoisotopic (exact) mass is 258 g/mol. The molecular formula is C15H18N2O2. The van der Waals surface area contributed by atoms with Gasteiger partial charge >= 0.3 is 0 Å². The summed E-state index contributed by atoms with van der Waals surface area (Å²) in [5.41, 5.74) is 1.10. The van der Waals surface area contributed by atoms with E-state index in [9.17, 15) is 10.1 Å². The molecule has 2 bridgehead atoms. The van der Waals surface area contributed by atoms with E-state index in [0.29, 0.717) is 17.9 Å². The molecule has 1 saturated carbocycles. The van der Waals surface area contributed by atoms with Gasteiger partial charge in [-0.3, -0.25) is 10.1 Å². The van der Waals surface area contributed by atoms with Crippen LogP contribution in [0, 0.1) is 27.9 Å². The first kappa shape index (κ1) is 12.2. The number of benzene rings is 1. The minimum atomic E-state index is -0.367. The third kappa shape index (κ3) is 2.35.